The molecule has 0 N–H and O–H groups in total. The van der Waals surface area contributed by atoms with Gasteiger partial charge in [0.15, 0.2) is 0 Å². The van der Waals surface area contributed by atoms with Gasteiger partial charge in [-0.3, -0.25) is 9.59 Å². The number of aryl methyl sites for hydroxylation is 2. The number of amides is 2. The molecule has 0 aliphatic carbocycles. The van der Waals surface area contributed by atoms with Gasteiger partial charge in [0, 0.05) is 13.1 Å². The van der Waals surface area contributed by atoms with Crippen LogP contribution in [0, 0.1) is 13.8 Å². The molecule has 2 heterocycles. The standard InChI is InChI=1S/C36H48N2O2/c1-5-7-9-11-13-15-25-37-33(29-21-17-27(3)18-22-29)31-32(35(37)39)34(30-23-19-28(4)20-24-30)38(36(31)40)26-16-14-12-10-8-6-2/h17-24H,5-16,25-26H2,1-4H3. The number of nitrogens with zero attached hydrogens (tertiary/aromatic N) is 2. The average molecular weight is 541 g/mol. The van der Waals surface area contributed by atoms with Gasteiger partial charge >= 0.3 is 0 Å². The molecule has 0 aromatic heterocycles. The fraction of sp³-hybridized carbons (Fsp3) is 0.500. The second-order valence-corrected chi connectivity index (χ2v) is 11.6. The van der Waals surface area contributed by atoms with E-state index in [-0.39, 0.29) is 11.8 Å². The van der Waals surface area contributed by atoms with Crippen LogP contribution in [0.5, 0.6) is 0 Å². The summed E-state index contributed by atoms with van der Waals surface area (Å²) in [6, 6.07) is 16.6. The van der Waals surface area contributed by atoms with Crippen LogP contribution in [0.2, 0.25) is 0 Å². The Labute approximate surface area is 242 Å². The van der Waals surface area contributed by atoms with Crippen LogP contribution < -0.4 is 0 Å². The first-order chi connectivity index (χ1) is 19.5. The highest BCUT2D eigenvalue weighted by molar-refractivity contribution is 6.30. The molecule has 0 saturated heterocycles. The summed E-state index contributed by atoms with van der Waals surface area (Å²) in [5.41, 5.74) is 7.03. The molecule has 2 amide bonds. The monoisotopic (exact) mass is 540 g/mol. The van der Waals surface area contributed by atoms with E-state index in [2.05, 4.69) is 76.2 Å². The van der Waals surface area contributed by atoms with Gasteiger partial charge in [0.1, 0.15) is 0 Å². The van der Waals surface area contributed by atoms with Gasteiger partial charge in [-0.05, 0) is 37.8 Å². The predicted octanol–water partition coefficient (Wildman–Crippen LogP) is 8.83. The number of rotatable bonds is 16. The summed E-state index contributed by atoms with van der Waals surface area (Å²) in [6.45, 7) is 9.89. The summed E-state index contributed by atoms with van der Waals surface area (Å²) < 4.78 is 0. The minimum Gasteiger partial charge on any atom is -0.307 e. The minimum absolute atomic E-state index is 0.0199. The molecule has 0 spiro atoms. The lowest BCUT2D eigenvalue weighted by Crippen LogP contribution is -2.31. The molecule has 0 radical (unpaired) electrons. The molecule has 4 nitrogen and oxygen atoms in total. The summed E-state index contributed by atoms with van der Waals surface area (Å²) in [4.78, 5) is 32.3. The molecule has 0 unspecified atom stereocenters. The fourth-order valence-corrected chi connectivity index (χ4v) is 5.95. The molecule has 2 aromatic rings. The van der Waals surface area contributed by atoms with Crippen LogP contribution in [-0.2, 0) is 9.59 Å². The van der Waals surface area contributed by atoms with Gasteiger partial charge in [-0.15, -0.1) is 0 Å². The van der Waals surface area contributed by atoms with Crippen LogP contribution in [-0.4, -0.2) is 34.7 Å². The average Bonchev–Trinajstić information content (AvgIpc) is 3.40. The van der Waals surface area contributed by atoms with Gasteiger partial charge in [-0.1, -0.05) is 138 Å². The maximum atomic E-state index is 14.2. The van der Waals surface area contributed by atoms with E-state index < -0.39 is 0 Å². The van der Waals surface area contributed by atoms with E-state index in [0.717, 1.165) is 48.2 Å². The summed E-state index contributed by atoms with van der Waals surface area (Å²) in [6.07, 6.45) is 13.9. The lowest BCUT2D eigenvalue weighted by molar-refractivity contribution is -0.124. The van der Waals surface area contributed by atoms with Crippen LogP contribution in [0.1, 0.15) is 113 Å². The molecule has 0 bridgehead atoms. The van der Waals surface area contributed by atoms with Gasteiger partial charge in [0.05, 0.1) is 22.5 Å². The number of unbranched alkanes of at least 4 members (excludes halogenated alkanes) is 10. The smallest absolute Gasteiger partial charge is 0.261 e. The fourth-order valence-electron chi connectivity index (χ4n) is 5.95. The van der Waals surface area contributed by atoms with E-state index in [0.29, 0.717) is 24.2 Å². The third kappa shape index (κ3) is 6.77. The predicted molar refractivity (Wildman–Crippen MR) is 166 cm³/mol. The number of hydrogen-bond donors (Lipinski definition) is 0. The van der Waals surface area contributed by atoms with E-state index >= 15 is 0 Å². The van der Waals surface area contributed by atoms with E-state index in [1.54, 1.807) is 0 Å². The van der Waals surface area contributed by atoms with E-state index in [4.69, 9.17) is 0 Å². The second kappa shape index (κ2) is 14.5. The molecule has 2 aliphatic heterocycles. The quantitative estimate of drug-likeness (QED) is 0.200. The Hall–Kier alpha value is -3.14. The molecule has 0 fully saturated rings. The van der Waals surface area contributed by atoms with Gasteiger partial charge < -0.3 is 9.80 Å². The number of fused-ring (bicyclic) bond motifs is 1. The summed E-state index contributed by atoms with van der Waals surface area (Å²) in [5, 5.41) is 0. The van der Waals surface area contributed by atoms with Crippen molar-refractivity contribution in [3.63, 3.8) is 0 Å². The van der Waals surface area contributed by atoms with Crippen molar-refractivity contribution in [2.24, 2.45) is 0 Å². The molecule has 0 saturated carbocycles. The Morgan fingerprint density at radius 2 is 0.800 bits per heavy atom. The van der Waals surface area contributed by atoms with Crippen molar-refractivity contribution in [3.05, 3.63) is 81.9 Å². The summed E-state index contributed by atoms with van der Waals surface area (Å²) >= 11 is 0. The van der Waals surface area contributed by atoms with Crippen molar-refractivity contribution < 1.29 is 9.59 Å². The molecular formula is C36H48N2O2. The number of benzene rings is 2. The lowest BCUT2D eigenvalue weighted by Gasteiger charge is -2.25. The SMILES string of the molecule is CCCCCCCCN1C(=O)C2=C(c3ccc(C)cc3)N(CCCCCCCC)C(=O)C2=C1c1ccc(C)cc1. The zero-order valence-electron chi connectivity index (χ0n) is 25.2. The highest BCUT2D eigenvalue weighted by Crippen LogP contribution is 2.46. The highest BCUT2D eigenvalue weighted by atomic mass is 16.2. The van der Waals surface area contributed by atoms with Crippen LogP contribution in [0.4, 0.5) is 0 Å². The van der Waals surface area contributed by atoms with E-state index in [9.17, 15) is 9.59 Å². The third-order valence-corrected chi connectivity index (χ3v) is 8.30. The molecule has 2 aliphatic rings. The Kier molecular flexibility index (Phi) is 10.8. The molecular weight excluding hydrogens is 492 g/mol. The maximum absolute atomic E-state index is 14.2. The van der Waals surface area contributed by atoms with Gasteiger partial charge in [0.2, 0.25) is 0 Å². The van der Waals surface area contributed by atoms with Crippen LogP contribution in [0.25, 0.3) is 11.4 Å². The second-order valence-electron chi connectivity index (χ2n) is 11.6. The van der Waals surface area contributed by atoms with Crippen molar-refractivity contribution in [3.8, 4) is 0 Å². The first-order valence-electron chi connectivity index (χ1n) is 15.7. The molecule has 0 atom stereocenters. The van der Waals surface area contributed by atoms with Crippen molar-refractivity contribution in [1.82, 2.24) is 9.80 Å². The van der Waals surface area contributed by atoms with E-state index in [1.165, 1.54) is 62.5 Å². The summed E-state index contributed by atoms with van der Waals surface area (Å²) in [7, 11) is 0. The largest absolute Gasteiger partial charge is 0.307 e. The topological polar surface area (TPSA) is 40.6 Å². The Bertz CT molecular complexity index is 1120. The highest BCUT2D eigenvalue weighted by Gasteiger charge is 2.48. The van der Waals surface area contributed by atoms with Crippen LogP contribution in [0.15, 0.2) is 59.7 Å². The molecule has 2 aromatic carbocycles. The molecule has 40 heavy (non-hydrogen) atoms. The molecule has 214 valence electrons. The first-order valence-corrected chi connectivity index (χ1v) is 15.7. The zero-order chi connectivity index (χ0) is 28.5. The van der Waals surface area contributed by atoms with Crippen molar-refractivity contribution >= 4 is 23.2 Å². The van der Waals surface area contributed by atoms with Crippen LogP contribution in [0.3, 0.4) is 0 Å². The third-order valence-electron chi connectivity index (χ3n) is 8.30. The number of carbonyl (C=O) groups is 2. The Balaban J connectivity index is 1.70. The van der Waals surface area contributed by atoms with Gasteiger partial charge in [0.25, 0.3) is 11.8 Å². The normalized spacial score (nSPS) is 15.2. The molecule has 4 heteroatoms. The number of hydrogen-bond acceptors (Lipinski definition) is 2. The first kappa shape index (κ1) is 29.8. The van der Waals surface area contributed by atoms with Crippen molar-refractivity contribution in [2.45, 2.75) is 105 Å². The van der Waals surface area contributed by atoms with E-state index in [1.807, 2.05) is 9.80 Å². The van der Waals surface area contributed by atoms with Gasteiger partial charge in [-0.25, -0.2) is 0 Å². The van der Waals surface area contributed by atoms with Crippen LogP contribution >= 0.6 is 0 Å². The van der Waals surface area contributed by atoms with Crippen molar-refractivity contribution in [2.75, 3.05) is 13.1 Å². The van der Waals surface area contributed by atoms with Gasteiger partial charge in [-0.2, -0.15) is 0 Å². The Morgan fingerprint density at radius 1 is 0.475 bits per heavy atom. The lowest BCUT2D eigenvalue weighted by atomic mass is 10.0. The van der Waals surface area contributed by atoms with Crippen molar-refractivity contribution in [1.29, 1.82) is 0 Å². The number of carbonyl (C=O) groups excluding carboxylic acids is 2. The zero-order valence-corrected chi connectivity index (χ0v) is 25.2. The Morgan fingerprint density at radius 3 is 1.15 bits per heavy atom. The summed E-state index contributed by atoms with van der Waals surface area (Å²) in [5.74, 6) is -0.0398. The minimum atomic E-state index is -0.0199. The molecule has 4 rings (SSSR count). The maximum Gasteiger partial charge on any atom is 0.261 e.